The highest BCUT2D eigenvalue weighted by molar-refractivity contribution is 7.12. The Kier molecular flexibility index (Phi) is 6.27. The maximum absolute atomic E-state index is 12.7. The zero-order valence-electron chi connectivity index (χ0n) is 18.5. The number of rotatable bonds is 7. The SMILES string of the molecule is COc1cccc(CNC(=O)c2cc(-c3cc(C(=O)NC(C)C)c4nc(N)nn4c3)cs2)c1. The van der Waals surface area contributed by atoms with Crippen molar-refractivity contribution in [1.29, 1.82) is 0 Å². The zero-order chi connectivity index (χ0) is 23.5. The second kappa shape index (κ2) is 9.29. The van der Waals surface area contributed by atoms with Gasteiger partial charge in [-0.15, -0.1) is 16.4 Å². The van der Waals surface area contributed by atoms with Crippen LogP contribution in [0.15, 0.2) is 48.0 Å². The summed E-state index contributed by atoms with van der Waals surface area (Å²) in [6.45, 7) is 4.14. The third-order valence-electron chi connectivity index (χ3n) is 4.86. The smallest absolute Gasteiger partial charge is 0.261 e. The molecule has 0 aliphatic heterocycles. The van der Waals surface area contributed by atoms with E-state index in [0.717, 1.165) is 22.4 Å². The number of hydrogen-bond acceptors (Lipinski definition) is 7. The molecule has 0 saturated heterocycles. The summed E-state index contributed by atoms with van der Waals surface area (Å²) in [5.74, 6) is 0.365. The first-order valence-electron chi connectivity index (χ1n) is 10.3. The molecule has 4 N–H and O–H groups in total. The molecule has 0 aliphatic carbocycles. The lowest BCUT2D eigenvalue weighted by atomic mass is 10.1. The molecule has 0 aliphatic rings. The van der Waals surface area contributed by atoms with Crippen LogP contribution in [0, 0.1) is 0 Å². The van der Waals surface area contributed by atoms with E-state index in [1.807, 2.05) is 43.5 Å². The van der Waals surface area contributed by atoms with Crippen LogP contribution in [0.1, 0.15) is 39.4 Å². The van der Waals surface area contributed by atoms with Gasteiger partial charge in [-0.25, -0.2) is 4.52 Å². The minimum atomic E-state index is -0.268. The van der Waals surface area contributed by atoms with Crippen molar-refractivity contribution >= 4 is 34.7 Å². The molecule has 3 heterocycles. The largest absolute Gasteiger partial charge is 0.497 e. The van der Waals surface area contributed by atoms with Crippen LogP contribution in [0.25, 0.3) is 16.8 Å². The molecule has 0 bridgehead atoms. The number of nitrogens with two attached hydrogens (primary N) is 1. The average molecular weight is 465 g/mol. The highest BCUT2D eigenvalue weighted by Gasteiger charge is 2.18. The lowest BCUT2D eigenvalue weighted by Crippen LogP contribution is -2.30. The van der Waals surface area contributed by atoms with Crippen LogP contribution < -0.4 is 21.1 Å². The number of carbonyl (C=O) groups is 2. The zero-order valence-corrected chi connectivity index (χ0v) is 19.3. The Balaban J connectivity index is 1.57. The number of nitrogen functional groups attached to an aromatic ring is 1. The number of benzene rings is 1. The van der Waals surface area contributed by atoms with Gasteiger partial charge in [0.1, 0.15) is 5.75 Å². The monoisotopic (exact) mass is 464 g/mol. The van der Waals surface area contributed by atoms with Gasteiger partial charge in [-0.3, -0.25) is 9.59 Å². The summed E-state index contributed by atoms with van der Waals surface area (Å²) in [5, 5.41) is 11.8. The Hall–Kier alpha value is -3.92. The van der Waals surface area contributed by atoms with Crippen LogP contribution in [-0.4, -0.2) is 39.6 Å². The van der Waals surface area contributed by atoms with Crippen molar-refractivity contribution < 1.29 is 14.3 Å². The van der Waals surface area contributed by atoms with Gasteiger partial charge in [0.15, 0.2) is 5.65 Å². The maximum atomic E-state index is 12.7. The average Bonchev–Trinajstić information content (AvgIpc) is 3.42. The Morgan fingerprint density at radius 1 is 1.18 bits per heavy atom. The Morgan fingerprint density at radius 2 is 2.00 bits per heavy atom. The number of nitrogens with zero attached hydrogens (tertiary/aromatic N) is 3. The van der Waals surface area contributed by atoms with E-state index in [1.165, 1.54) is 15.9 Å². The van der Waals surface area contributed by atoms with Gasteiger partial charge < -0.3 is 21.1 Å². The van der Waals surface area contributed by atoms with Crippen LogP contribution in [0.4, 0.5) is 5.95 Å². The van der Waals surface area contributed by atoms with Crippen molar-refractivity contribution in [2.75, 3.05) is 12.8 Å². The molecule has 0 atom stereocenters. The van der Waals surface area contributed by atoms with E-state index in [-0.39, 0.29) is 23.8 Å². The molecular weight excluding hydrogens is 440 g/mol. The van der Waals surface area contributed by atoms with Gasteiger partial charge in [-0.05, 0) is 54.6 Å². The molecule has 170 valence electrons. The van der Waals surface area contributed by atoms with Crippen LogP contribution in [-0.2, 0) is 6.54 Å². The number of pyridine rings is 1. The second-order valence-corrected chi connectivity index (χ2v) is 8.65. The molecule has 4 rings (SSSR count). The maximum Gasteiger partial charge on any atom is 0.261 e. The summed E-state index contributed by atoms with van der Waals surface area (Å²) in [7, 11) is 1.60. The quantitative estimate of drug-likeness (QED) is 0.386. The number of carbonyl (C=O) groups excluding carboxylic acids is 2. The normalized spacial score (nSPS) is 11.0. The van der Waals surface area contributed by atoms with Crippen molar-refractivity contribution in [1.82, 2.24) is 25.2 Å². The molecule has 0 radical (unpaired) electrons. The molecule has 3 aromatic heterocycles. The fourth-order valence-corrected chi connectivity index (χ4v) is 4.16. The molecule has 9 nitrogen and oxygen atoms in total. The highest BCUT2D eigenvalue weighted by atomic mass is 32.1. The Bertz CT molecular complexity index is 1330. The van der Waals surface area contributed by atoms with Crippen molar-refractivity contribution in [2.24, 2.45) is 0 Å². The fourth-order valence-electron chi connectivity index (χ4n) is 3.33. The first kappa shape index (κ1) is 22.3. The number of ether oxygens (including phenoxy) is 1. The number of aromatic nitrogens is 3. The minimum absolute atomic E-state index is 0.0393. The molecule has 0 fully saturated rings. The first-order valence-corrected chi connectivity index (χ1v) is 11.2. The van der Waals surface area contributed by atoms with E-state index in [1.54, 1.807) is 25.4 Å². The second-order valence-electron chi connectivity index (χ2n) is 7.74. The van der Waals surface area contributed by atoms with E-state index < -0.39 is 0 Å². The summed E-state index contributed by atoms with van der Waals surface area (Å²) in [4.78, 5) is 30.2. The van der Waals surface area contributed by atoms with Gasteiger partial charge >= 0.3 is 0 Å². The van der Waals surface area contributed by atoms with Gasteiger partial charge in [0.25, 0.3) is 11.8 Å². The molecule has 0 unspecified atom stereocenters. The number of amides is 2. The summed E-state index contributed by atoms with van der Waals surface area (Å²) in [5.41, 5.74) is 8.96. The van der Waals surface area contributed by atoms with Crippen molar-refractivity contribution in [2.45, 2.75) is 26.4 Å². The van der Waals surface area contributed by atoms with Crippen LogP contribution in [0.2, 0.25) is 0 Å². The molecule has 33 heavy (non-hydrogen) atoms. The number of methoxy groups -OCH3 is 1. The third-order valence-corrected chi connectivity index (χ3v) is 5.79. The third kappa shape index (κ3) is 4.96. The fraction of sp³-hybridized carbons (Fsp3) is 0.217. The van der Waals surface area contributed by atoms with E-state index in [9.17, 15) is 9.59 Å². The number of hydrogen-bond donors (Lipinski definition) is 3. The van der Waals surface area contributed by atoms with Gasteiger partial charge in [0.2, 0.25) is 5.95 Å². The van der Waals surface area contributed by atoms with Crippen molar-refractivity contribution in [3.8, 4) is 16.9 Å². The molecular formula is C23H24N6O3S. The van der Waals surface area contributed by atoms with E-state index in [0.29, 0.717) is 22.6 Å². The summed E-state index contributed by atoms with van der Waals surface area (Å²) in [6, 6.07) is 11.0. The highest BCUT2D eigenvalue weighted by Crippen LogP contribution is 2.28. The predicted molar refractivity (Wildman–Crippen MR) is 127 cm³/mol. The predicted octanol–water partition coefficient (Wildman–Crippen LogP) is 3.12. The number of thiophene rings is 1. The molecule has 2 amide bonds. The summed E-state index contributed by atoms with van der Waals surface area (Å²) in [6.07, 6.45) is 1.74. The lowest BCUT2D eigenvalue weighted by Gasteiger charge is -2.10. The molecule has 10 heteroatoms. The minimum Gasteiger partial charge on any atom is -0.497 e. The Morgan fingerprint density at radius 3 is 2.76 bits per heavy atom. The van der Waals surface area contributed by atoms with Gasteiger partial charge in [0, 0.05) is 24.3 Å². The van der Waals surface area contributed by atoms with Crippen LogP contribution >= 0.6 is 11.3 Å². The van der Waals surface area contributed by atoms with Crippen molar-refractivity contribution in [3.05, 3.63) is 64.0 Å². The first-order chi connectivity index (χ1) is 15.8. The van der Waals surface area contributed by atoms with Gasteiger partial charge in [-0.1, -0.05) is 12.1 Å². The van der Waals surface area contributed by atoms with E-state index in [4.69, 9.17) is 10.5 Å². The molecule has 1 aromatic carbocycles. The van der Waals surface area contributed by atoms with Crippen LogP contribution in [0.3, 0.4) is 0 Å². The topological polar surface area (TPSA) is 124 Å². The standard InChI is InChI=1S/C23H24N6O3S/c1-13(2)26-21(30)18-8-15(11-29-20(18)27-23(24)28-29)16-9-19(33-12-16)22(31)25-10-14-5-4-6-17(7-14)32-3/h4-9,11-13H,10H2,1-3H3,(H2,24,28)(H,25,31)(H,26,30). The number of anilines is 1. The number of nitrogens with one attached hydrogen (secondary N) is 2. The molecule has 4 aromatic rings. The van der Waals surface area contributed by atoms with Crippen molar-refractivity contribution in [3.63, 3.8) is 0 Å². The summed E-state index contributed by atoms with van der Waals surface area (Å²) < 4.78 is 6.71. The number of fused-ring (bicyclic) bond motifs is 1. The van der Waals surface area contributed by atoms with Crippen LogP contribution in [0.5, 0.6) is 5.75 Å². The van der Waals surface area contributed by atoms with Gasteiger partial charge in [-0.2, -0.15) is 4.98 Å². The Labute approximate surface area is 194 Å². The molecule has 0 saturated carbocycles. The van der Waals surface area contributed by atoms with E-state index >= 15 is 0 Å². The lowest BCUT2D eigenvalue weighted by molar-refractivity contribution is 0.0939. The molecule has 0 spiro atoms. The summed E-state index contributed by atoms with van der Waals surface area (Å²) >= 11 is 1.32. The van der Waals surface area contributed by atoms with Gasteiger partial charge in [0.05, 0.1) is 17.6 Å². The van der Waals surface area contributed by atoms with E-state index in [2.05, 4.69) is 20.7 Å².